The fourth-order valence-corrected chi connectivity index (χ4v) is 2.70. The van der Waals surface area contributed by atoms with Gasteiger partial charge in [0.15, 0.2) is 0 Å². The van der Waals surface area contributed by atoms with Crippen molar-refractivity contribution in [1.82, 2.24) is 10.2 Å². The van der Waals surface area contributed by atoms with Gasteiger partial charge in [0.1, 0.15) is 6.04 Å². The van der Waals surface area contributed by atoms with Gasteiger partial charge in [-0.15, -0.1) is 0 Å². The first kappa shape index (κ1) is 10.9. The van der Waals surface area contributed by atoms with Crippen molar-refractivity contribution in [1.29, 1.82) is 0 Å². The third kappa shape index (κ3) is 2.16. The molecule has 2 aliphatic rings. The van der Waals surface area contributed by atoms with Gasteiger partial charge in [0, 0.05) is 6.54 Å². The lowest BCUT2D eigenvalue weighted by molar-refractivity contribution is -0.142. The molecule has 1 spiro atoms. The van der Waals surface area contributed by atoms with Crippen molar-refractivity contribution in [2.75, 3.05) is 33.8 Å². The number of piperidine rings is 1. The molecule has 0 aromatic carbocycles. The second-order valence-corrected chi connectivity index (χ2v) is 4.96. The number of carbonyl (C=O) groups is 1. The molecule has 86 valence electrons. The van der Waals surface area contributed by atoms with Crippen LogP contribution in [0.3, 0.4) is 0 Å². The van der Waals surface area contributed by atoms with Gasteiger partial charge in [-0.1, -0.05) is 0 Å². The van der Waals surface area contributed by atoms with Crippen LogP contribution in [0.1, 0.15) is 19.3 Å². The Morgan fingerprint density at radius 1 is 1.47 bits per heavy atom. The maximum Gasteiger partial charge on any atom is 0.322 e. The highest BCUT2D eigenvalue weighted by atomic mass is 16.5. The van der Waals surface area contributed by atoms with Crippen molar-refractivity contribution in [3.05, 3.63) is 0 Å². The fourth-order valence-electron chi connectivity index (χ4n) is 2.70. The summed E-state index contributed by atoms with van der Waals surface area (Å²) in [5, 5.41) is 3.29. The second kappa shape index (κ2) is 4.10. The monoisotopic (exact) mass is 212 g/mol. The Bertz CT molecular complexity index is 247. The van der Waals surface area contributed by atoms with Crippen LogP contribution in [0, 0.1) is 5.41 Å². The van der Waals surface area contributed by atoms with E-state index in [4.69, 9.17) is 4.74 Å². The quantitative estimate of drug-likeness (QED) is 0.632. The van der Waals surface area contributed by atoms with Crippen LogP contribution >= 0.6 is 0 Å². The van der Waals surface area contributed by atoms with Crippen LogP contribution in [-0.4, -0.2) is 50.7 Å². The van der Waals surface area contributed by atoms with Crippen LogP contribution in [0.2, 0.25) is 0 Å². The molecule has 0 radical (unpaired) electrons. The maximum absolute atomic E-state index is 11.4. The van der Waals surface area contributed by atoms with Crippen molar-refractivity contribution in [3.63, 3.8) is 0 Å². The normalized spacial score (nSPS) is 30.7. The Hall–Kier alpha value is -0.610. The minimum absolute atomic E-state index is 0.0709. The third-order valence-electron chi connectivity index (χ3n) is 3.89. The van der Waals surface area contributed by atoms with Crippen molar-refractivity contribution >= 4 is 5.97 Å². The number of nitrogens with zero attached hydrogens (tertiary/aromatic N) is 1. The molecule has 0 amide bonds. The van der Waals surface area contributed by atoms with Crippen molar-refractivity contribution in [2.24, 2.45) is 5.41 Å². The average molecular weight is 212 g/mol. The Morgan fingerprint density at radius 2 is 2.13 bits per heavy atom. The number of esters is 1. The predicted octanol–water partition coefficient (Wildman–Crippen LogP) is 0.233. The number of hydrogen-bond acceptors (Lipinski definition) is 4. The Labute approximate surface area is 91.0 Å². The van der Waals surface area contributed by atoms with Crippen molar-refractivity contribution in [2.45, 2.75) is 25.3 Å². The molecule has 4 nitrogen and oxygen atoms in total. The number of carbonyl (C=O) groups excluding carboxylic acids is 1. The predicted molar refractivity (Wildman–Crippen MR) is 57.6 cm³/mol. The van der Waals surface area contributed by atoms with Gasteiger partial charge in [-0.3, -0.25) is 4.79 Å². The zero-order valence-corrected chi connectivity index (χ0v) is 9.58. The van der Waals surface area contributed by atoms with E-state index in [1.54, 1.807) is 0 Å². The number of hydrogen-bond donors (Lipinski definition) is 1. The number of ether oxygens (including phenoxy) is 1. The number of likely N-dealkylation sites (tertiary alicyclic amines) is 1. The standard InChI is InChI=1S/C11H20N2O2/c1-13-5-3-11(4-6-13)7-9(12-8-11)10(14)15-2/h9,12H,3-8H2,1-2H3. The van der Waals surface area contributed by atoms with E-state index in [2.05, 4.69) is 17.3 Å². The molecule has 4 heteroatoms. The first-order valence-corrected chi connectivity index (χ1v) is 5.65. The highest BCUT2D eigenvalue weighted by molar-refractivity contribution is 5.76. The molecule has 0 aromatic heterocycles. The molecule has 1 unspecified atom stereocenters. The SMILES string of the molecule is COC(=O)C1CC2(CCN(C)CC2)CN1. The molecule has 0 aliphatic carbocycles. The molecule has 1 atom stereocenters. The number of rotatable bonds is 1. The minimum atomic E-state index is -0.106. The van der Waals surface area contributed by atoms with Gasteiger partial charge in [-0.2, -0.15) is 0 Å². The highest BCUT2D eigenvalue weighted by Crippen LogP contribution is 2.39. The van der Waals surface area contributed by atoms with E-state index in [1.807, 2.05) is 0 Å². The van der Waals surface area contributed by atoms with Crippen LogP contribution in [0.15, 0.2) is 0 Å². The van der Waals surface area contributed by atoms with E-state index in [0.717, 1.165) is 26.1 Å². The molecule has 0 aromatic rings. The van der Waals surface area contributed by atoms with Crippen LogP contribution in [0.25, 0.3) is 0 Å². The van der Waals surface area contributed by atoms with Crippen molar-refractivity contribution in [3.8, 4) is 0 Å². The first-order chi connectivity index (χ1) is 7.15. The van der Waals surface area contributed by atoms with Gasteiger partial charge in [-0.25, -0.2) is 0 Å². The van der Waals surface area contributed by atoms with Crippen LogP contribution in [0.4, 0.5) is 0 Å². The van der Waals surface area contributed by atoms with Crippen LogP contribution in [-0.2, 0) is 9.53 Å². The van der Waals surface area contributed by atoms with Crippen LogP contribution in [0.5, 0.6) is 0 Å². The topological polar surface area (TPSA) is 41.6 Å². The first-order valence-electron chi connectivity index (χ1n) is 5.65. The summed E-state index contributed by atoms with van der Waals surface area (Å²) in [6.07, 6.45) is 3.35. The lowest BCUT2D eigenvalue weighted by atomic mass is 9.77. The smallest absolute Gasteiger partial charge is 0.322 e. The Morgan fingerprint density at radius 3 is 2.73 bits per heavy atom. The van der Waals surface area contributed by atoms with Crippen molar-refractivity contribution < 1.29 is 9.53 Å². The summed E-state index contributed by atoms with van der Waals surface area (Å²) in [6, 6.07) is -0.0709. The Balaban J connectivity index is 1.93. The summed E-state index contributed by atoms with van der Waals surface area (Å²) in [6.45, 7) is 3.27. The zero-order valence-electron chi connectivity index (χ0n) is 9.58. The molecular weight excluding hydrogens is 192 g/mol. The van der Waals surface area contributed by atoms with Gasteiger partial charge >= 0.3 is 5.97 Å². The number of nitrogens with one attached hydrogen (secondary N) is 1. The van der Waals surface area contributed by atoms with Gasteiger partial charge in [0.2, 0.25) is 0 Å². The highest BCUT2D eigenvalue weighted by Gasteiger charge is 2.43. The van der Waals surface area contributed by atoms with E-state index < -0.39 is 0 Å². The second-order valence-electron chi connectivity index (χ2n) is 4.96. The summed E-state index contributed by atoms with van der Waals surface area (Å²) in [5.41, 5.74) is 0.353. The summed E-state index contributed by atoms with van der Waals surface area (Å²) in [7, 11) is 3.62. The molecule has 2 fully saturated rings. The summed E-state index contributed by atoms with van der Waals surface area (Å²) >= 11 is 0. The van der Waals surface area contributed by atoms with Gasteiger partial charge < -0.3 is 15.0 Å². The molecule has 2 saturated heterocycles. The van der Waals surface area contributed by atoms with E-state index in [9.17, 15) is 4.79 Å². The van der Waals surface area contributed by atoms with E-state index in [1.165, 1.54) is 20.0 Å². The van der Waals surface area contributed by atoms with E-state index in [-0.39, 0.29) is 12.0 Å². The summed E-state index contributed by atoms with van der Waals surface area (Å²) in [5.74, 6) is -0.106. The molecular formula is C11H20N2O2. The molecule has 1 N–H and O–H groups in total. The maximum atomic E-state index is 11.4. The van der Waals surface area contributed by atoms with Crippen LogP contribution < -0.4 is 5.32 Å². The summed E-state index contributed by atoms with van der Waals surface area (Å²) < 4.78 is 4.78. The summed E-state index contributed by atoms with van der Waals surface area (Å²) in [4.78, 5) is 13.8. The number of methoxy groups -OCH3 is 1. The fraction of sp³-hybridized carbons (Fsp3) is 0.909. The van der Waals surface area contributed by atoms with Gasteiger partial charge in [-0.05, 0) is 44.8 Å². The lowest BCUT2D eigenvalue weighted by Gasteiger charge is -2.37. The van der Waals surface area contributed by atoms with Gasteiger partial charge in [0.05, 0.1) is 7.11 Å². The molecule has 0 saturated carbocycles. The molecule has 2 aliphatic heterocycles. The average Bonchev–Trinajstić information content (AvgIpc) is 2.66. The minimum Gasteiger partial charge on any atom is -0.468 e. The van der Waals surface area contributed by atoms with E-state index >= 15 is 0 Å². The molecule has 2 rings (SSSR count). The van der Waals surface area contributed by atoms with Gasteiger partial charge in [0.25, 0.3) is 0 Å². The Kier molecular flexibility index (Phi) is 2.98. The largest absolute Gasteiger partial charge is 0.468 e. The van der Waals surface area contributed by atoms with E-state index in [0.29, 0.717) is 5.41 Å². The molecule has 2 heterocycles. The molecule has 0 bridgehead atoms. The molecule has 15 heavy (non-hydrogen) atoms. The lowest BCUT2D eigenvalue weighted by Crippen LogP contribution is -2.39. The third-order valence-corrected chi connectivity index (χ3v) is 3.89. The zero-order chi connectivity index (χ0) is 10.9.